The molecular formula is C14H19FN2O2. The van der Waals surface area contributed by atoms with Crippen molar-refractivity contribution in [2.45, 2.75) is 27.7 Å². The van der Waals surface area contributed by atoms with Gasteiger partial charge in [-0.05, 0) is 22.8 Å². The van der Waals surface area contributed by atoms with Gasteiger partial charge in [-0.15, -0.1) is 0 Å². The Hall–Kier alpha value is -1.65. The molecule has 0 spiro atoms. The van der Waals surface area contributed by atoms with Crippen molar-refractivity contribution in [3.05, 3.63) is 34.1 Å². The van der Waals surface area contributed by atoms with E-state index in [0.717, 1.165) is 6.07 Å². The number of rotatable bonds is 4. The molecule has 1 aliphatic rings. The van der Waals surface area contributed by atoms with Gasteiger partial charge in [-0.1, -0.05) is 27.7 Å². The molecule has 0 unspecified atom stereocenters. The Labute approximate surface area is 112 Å². The van der Waals surface area contributed by atoms with E-state index in [0.29, 0.717) is 18.2 Å². The minimum absolute atomic E-state index is 0.225. The van der Waals surface area contributed by atoms with Gasteiger partial charge < -0.3 is 5.32 Å². The van der Waals surface area contributed by atoms with Gasteiger partial charge in [0.05, 0.1) is 11.0 Å². The molecule has 0 atom stereocenters. The van der Waals surface area contributed by atoms with Gasteiger partial charge in [-0.3, -0.25) is 10.1 Å². The number of halogens is 1. The molecular weight excluding hydrogens is 247 g/mol. The van der Waals surface area contributed by atoms with E-state index in [2.05, 4.69) is 33.0 Å². The molecule has 0 aromatic heterocycles. The van der Waals surface area contributed by atoms with Crippen LogP contribution in [0.4, 0.5) is 15.8 Å². The average Bonchev–Trinajstić information content (AvgIpc) is 2.66. The molecule has 1 N–H and O–H groups in total. The van der Waals surface area contributed by atoms with Gasteiger partial charge in [0, 0.05) is 18.3 Å². The lowest BCUT2D eigenvalue weighted by Crippen LogP contribution is -2.08. The molecule has 0 saturated heterocycles. The predicted molar refractivity (Wildman–Crippen MR) is 72.6 cm³/mol. The van der Waals surface area contributed by atoms with Crippen LogP contribution in [-0.4, -0.2) is 11.5 Å². The maximum Gasteiger partial charge on any atom is 0.274 e. The summed E-state index contributed by atoms with van der Waals surface area (Å²) in [4.78, 5) is 10.1. The van der Waals surface area contributed by atoms with Gasteiger partial charge in [-0.2, -0.15) is 0 Å². The second-order valence-electron chi connectivity index (χ2n) is 6.33. The van der Waals surface area contributed by atoms with Crippen LogP contribution in [-0.2, 0) is 0 Å². The fourth-order valence-electron chi connectivity index (χ4n) is 2.85. The molecule has 1 aromatic carbocycles. The first-order chi connectivity index (χ1) is 8.66. The molecule has 2 rings (SSSR count). The van der Waals surface area contributed by atoms with Crippen LogP contribution in [0.1, 0.15) is 27.7 Å². The molecule has 1 aromatic rings. The normalized spacial score (nSPS) is 20.1. The molecule has 1 aliphatic carbocycles. The maximum atomic E-state index is 13.3. The average molecular weight is 266 g/mol. The molecule has 19 heavy (non-hydrogen) atoms. The number of benzene rings is 1. The highest BCUT2D eigenvalue weighted by atomic mass is 19.1. The highest BCUT2D eigenvalue weighted by molar-refractivity contribution is 5.51. The summed E-state index contributed by atoms with van der Waals surface area (Å²) in [6.07, 6.45) is 0. The van der Waals surface area contributed by atoms with E-state index >= 15 is 0 Å². The maximum absolute atomic E-state index is 13.3. The lowest BCUT2D eigenvalue weighted by atomic mass is 10.0. The fraction of sp³-hybridized carbons (Fsp3) is 0.571. The number of nitro benzene ring substituents is 1. The quantitative estimate of drug-likeness (QED) is 0.665. The molecule has 0 bridgehead atoms. The number of nitro groups is 1. The van der Waals surface area contributed by atoms with Gasteiger partial charge >= 0.3 is 0 Å². The first kappa shape index (κ1) is 13.8. The second-order valence-corrected chi connectivity index (χ2v) is 6.33. The summed E-state index contributed by atoms with van der Waals surface area (Å²) >= 11 is 0. The van der Waals surface area contributed by atoms with Crippen LogP contribution in [0.15, 0.2) is 18.2 Å². The SMILES string of the molecule is CC1(C)C(CNc2cc(F)cc([N+](=O)[O-])c2)C1(C)C. The summed E-state index contributed by atoms with van der Waals surface area (Å²) < 4.78 is 13.3. The highest BCUT2D eigenvalue weighted by Crippen LogP contribution is 2.68. The highest BCUT2D eigenvalue weighted by Gasteiger charge is 2.63. The molecule has 5 heteroatoms. The monoisotopic (exact) mass is 266 g/mol. The molecule has 1 fully saturated rings. The molecule has 0 heterocycles. The zero-order chi connectivity index (χ0) is 14.4. The zero-order valence-corrected chi connectivity index (χ0v) is 11.7. The number of hydrogen-bond acceptors (Lipinski definition) is 3. The van der Waals surface area contributed by atoms with E-state index in [1.165, 1.54) is 12.1 Å². The van der Waals surface area contributed by atoms with Crippen LogP contribution in [0, 0.1) is 32.7 Å². The van der Waals surface area contributed by atoms with E-state index in [1.807, 2.05) is 0 Å². The smallest absolute Gasteiger partial charge is 0.274 e. The lowest BCUT2D eigenvalue weighted by Gasteiger charge is -2.07. The Kier molecular flexibility index (Phi) is 3.03. The van der Waals surface area contributed by atoms with Gasteiger partial charge in [0.1, 0.15) is 5.82 Å². The van der Waals surface area contributed by atoms with E-state index < -0.39 is 10.7 Å². The van der Waals surface area contributed by atoms with Crippen LogP contribution < -0.4 is 5.32 Å². The third-order valence-electron chi connectivity index (χ3n) is 4.92. The van der Waals surface area contributed by atoms with E-state index in [-0.39, 0.29) is 16.5 Å². The summed E-state index contributed by atoms with van der Waals surface area (Å²) in [5.74, 6) is -0.117. The van der Waals surface area contributed by atoms with Crippen LogP contribution in [0.5, 0.6) is 0 Å². The molecule has 0 amide bonds. The number of hydrogen-bond donors (Lipinski definition) is 1. The fourth-order valence-corrected chi connectivity index (χ4v) is 2.85. The van der Waals surface area contributed by atoms with Gasteiger partial charge in [0.15, 0.2) is 0 Å². The Morgan fingerprint density at radius 2 is 1.84 bits per heavy atom. The van der Waals surface area contributed by atoms with Crippen molar-refractivity contribution in [1.82, 2.24) is 0 Å². The van der Waals surface area contributed by atoms with Crippen LogP contribution in [0.3, 0.4) is 0 Å². The topological polar surface area (TPSA) is 55.2 Å². The summed E-state index contributed by atoms with van der Waals surface area (Å²) in [6, 6.07) is 3.58. The Bertz CT molecular complexity index is 512. The van der Waals surface area contributed by atoms with E-state index in [9.17, 15) is 14.5 Å². The molecule has 1 saturated carbocycles. The number of anilines is 1. The Morgan fingerprint density at radius 3 is 2.32 bits per heavy atom. The second kappa shape index (κ2) is 4.18. The number of non-ortho nitro benzene ring substituents is 1. The van der Waals surface area contributed by atoms with Gasteiger partial charge in [0.25, 0.3) is 5.69 Å². The third-order valence-corrected chi connectivity index (χ3v) is 4.92. The molecule has 4 nitrogen and oxygen atoms in total. The molecule has 0 radical (unpaired) electrons. The van der Waals surface area contributed by atoms with Gasteiger partial charge in [0.2, 0.25) is 0 Å². The van der Waals surface area contributed by atoms with Crippen molar-refractivity contribution in [2.24, 2.45) is 16.7 Å². The van der Waals surface area contributed by atoms with Crippen molar-refractivity contribution >= 4 is 11.4 Å². The van der Waals surface area contributed by atoms with Crippen molar-refractivity contribution < 1.29 is 9.31 Å². The van der Waals surface area contributed by atoms with Crippen LogP contribution >= 0.6 is 0 Å². The van der Waals surface area contributed by atoms with Gasteiger partial charge in [-0.25, -0.2) is 4.39 Å². The minimum Gasteiger partial charge on any atom is -0.384 e. The summed E-state index contributed by atoms with van der Waals surface area (Å²) in [6.45, 7) is 9.50. The zero-order valence-electron chi connectivity index (χ0n) is 11.7. The first-order valence-electron chi connectivity index (χ1n) is 6.35. The third kappa shape index (κ3) is 2.29. The summed E-state index contributed by atoms with van der Waals surface area (Å²) in [5.41, 5.74) is 0.709. The molecule has 0 aliphatic heterocycles. The lowest BCUT2D eigenvalue weighted by molar-refractivity contribution is -0.385. The van der Waals surface area contributed by atoms with Crippen molar-refractivity contribution in [3.8, 4) is 0 Å². The van der Waals surface area contributed by atoms with Crippen LogP contribution in [0.2, 0.25) is 0 Å². The van der Waals surface area contributed by atoms with E-state index in [4.69, 9.17) is 0 Å². The van der Waals surface area contributed by atoms with Crippen molar-refractivity contribution in [1.29, 1.82) is 0 Å². The van der Waals surface area contributed by atoms with Crippen LogP contribution in [0.25, 0.3) is 0 Å². The Morgan fingerprint density at radius 1 is 1.26 bits per heavy atom. The predicted octanol–water partition coefficient (Wildman–Crippen LogP) is 3.83. The van der Waals surface area contributed by atoms with Crippen molar-refractivity contribution in [3.63, 3.8) is 0 Å². The van der Waals surface area contributed by atoms with Crippen molar-refractivity contribution in [2.75, 3.05) is 11.9 Å². The van der Waals surface area contributed by atoms with E-state index in [1.54, 1.807) is 0 Å². The summed E-state index contributed by atoms with van der Waals surface area (Å²) in [5, 5.41) is 13.8. The first-order valence-corrected chi connectivity index (χ1v) is 6.35. The molecule has 104 valence electrons. The summed E-state index contributed by atoms with van der Waals surface area (Å²) in [7, 11) is 0. The largest absolute Gasteiger partial charge is 0.384 e. The number of nitrogens with zero attached hydrogens (tertiary/aromatic N) is 1. The number of nitrogens with one attached hydrogen (secondary N) is 1. The minimum atomic E-state index is -0.592. The Balaban J connectivity index is 2.07. The standard InChI is InChI=1S/C14H19FN2O2/c1-13(2)12(14(13,3)4)8-16-10-5-9(15)6-11(7-10)17(18)19/h5-7,12,16H,8H2,1-4H3.